The zero-order chi connectivity index (χ0) is 14.0. The molecule has 1 fully saturated rings. The van der Waals surface area contributed by atoms with Crippen LogP contribution in [0.5, 0.6) is 11.5 Å². The van der Waals surface area contributed by atoms with Crippen molar-refractivity contribution in [3.8, 4) is 11.5 Å². The lowest BCUT2D eigenvalue weighted by atomic mass is 9.78. The molecule has 2 rings (SSSR count). The van der Waals surface area contributed by atoms with Crippen LogP contribution in [0.15, 0.2) is 18.2 Å². The van der Waals surface area contributed by atoms with Gasteiger partial charge in [0.25, 0.3) is 0 Å². The Labute approximate surface area is 112 Å². The average Bonchev–Trinajstić information content (AvgIpc) is 2.78. The summed E-state index contributed by atoms with van der Waals surface area (Å²) in [5.74, 6) is 1.08. The van der Waals surface area contributed by atoms with E-state index in [1.54, 1.807) is 25.3 Å². The lowest BCUT2D eigenvalue weighted by molar-refractivity contribution is 0.0764. The van der Waals surface area contributed by atoms with Gasteiger partial charge in [0.15, 0.2) is 5.78 Å². The lowest BCUT2D eigenvalue weighted by Crippen LogP contribution is -2.44. The number of nitrogens with two attached hydrogens (primary N) is 1. The van der Waals surface area contributed by atoms with Crippen LogP contribution in [0.1, 0.15) is 17.3 Å². The highest BCUT2D eigenvalue weighted by molar-refractivity contribution is 6.03. The summed E-state index contributed by atoms with van der Waals surface area (Å²) in [5, 5.41) is 0. The molecule has 19 heavy (non-hydrogen) atoms. The summed E-state index contributed by atoms with van der Waals surface area (Å²) in [6, 6.07) is 4.83. The Hall–Kier alpha value is -1.59. The minimum absolute atomic E-state index is 0.0583. The predicted molar refractivity (Wildman–Crippen MR) is 70.8 cm³/mol. The maximum absolute atomic E-state index is 12.7. The fourth-order valence-corrected chi connectivity index (χ4v) is 2.22. The van der Waals surface area contributed by atoms with Gasteiger partial charge in [-0.15, -0.1) is 0 Å². The topological polar surface area (TPSA) is 70.8 Å². The first kappa shape index (κ1) is 13.8. The molecule has 0 saturated carbocycles. The molecule has 0 spiro atoms. The molecule has 0 aliphatic carbocycles. The van der Waals surface area contributed by atoms with Crippen molar-refractivity contribution in [2.24, 2.45) is 11.1 Å². The van der Waals surface area contributed by atoms with E-state index in [9.17, 15) is 4.79 Å². The zero-order valence-corrected chi connectivity index (χ0v) is 11.4. The lowest BCUT2D eigenvalue weighted by Gasteiger charge is -2.26. The number of hydrogen-bond donors (Lipinski definition) is 1. The van der Waals surface area contributed by atoms with E-state index in [-0.39, 0.29) is 11.8 Å². The van der Waals surface area contributed by atoms with Crippen molar-refractivity contribution < 1.29 is 19.0 Å². The van der Waals surface area contributed by atoms with Crippen LogP contribution in [-0.4, -0.2) is 39.3 Å². The van der Waals surface area contributed by atoms with Crippen molar-refractivity contribution in [2.45, 2.75) is 13.0 Å². The smallest absolute Gasteiger partial charge is 0.176 e. The monoisotopic (exact) mass is 265 g/mol. The normalized spacial score (nSPS) is 26.2. The van der Waals surface area contributed by atoms with E-state index in [1.165, 1.54) is 7.11 Å². The Morgan fingerprint density at radius 3 is 2.68 bits per heavy atom. The van der Waals surface area contributed by atoms with Crippen LogP contribution >= 0.6 is 0 Å². The van der Waals surface area contributed by atoms with Gasteiger partial charge in [0.2, 0.25) is 0 Å². The van der Waals surface area contributed by atoms with Crippen LogP contribution in [0, 0.1) is 5.41 Å². The minimum Gasteiger partial charge on any atom is -0.497 e. The number of methoxy groups -OCH3 is 2. The number of Topliss-reactive ketones (excluding diaryl/α,β-unsaturated/α-hetero) is 1. The van der Waals surface area contributed by atoms with Crippen molar-refractivity contribution in [3.05, 3.63) is 23.8 Å². The van der Waals surface area contributed by atoms with Crippen LogP contribution in [0.4, 0.5) is 0 Å². The molecule has 2 N–H and O–H groups in total. The Kier molecular flexibility index (Phi) is 3.78. The zero-order valence-electron chi connectivity index (χ0n) is 11.4. The summed E-state index contributed by atoms with van der Waals surface area (Å²) in [7, 11) is 3.09. The molecule has 0 bridgehead atoms. The Balaban J connectivity index is 2.38. The van der Waals surface area contributed by atoms with Gasteiger partial charge in [0, 0.05) is 12.1 Å². The molecule has 5 heteroatoms. The van der Waals surface area contributed by atoms with E-state index in [0.29, 0.717) is 30.3 Å². The van der Waals surface area contributed by atoms with Gasteiger partial charge in [-0.1, -0.05) is 0 Å². The van der Waals surface area contributed by atoms with Gasteiger partial charge in [-0.25, -0.2) is 0 Å². The second-order valence-electron chi connectivity index (χ2n) is 4.93. The molecule has 1 aromatic rings. The molecule has 0 amide bonds. The number of ether oxygens (including phenoxy) is 3. The highest BCUT2D eigenvalue weighted by Crippen LogP contribution is 2.35. The molecule has 1 aliphatic heterocycles. The Morgan fingerprint density at radius 2 is 2.16 bits per heavy atom. The summed E-state index contributed by atoms with van der Waals surface area (Å²) in [5.41, 5.74) is 5.79. The van der Waals surface area contributed by atoms with Crippen LogP contribution in [-0.2, 0) is 4.74 Å². The molecule has 104 valence electrons. The van der Waals surface area contributed by atoms with E-state index in [0.717, 1.165) is 0 Å². The van der Waals surface area contributed by atoms with Crippen LogP contribution in [0.3, 0.4) is 0 Å². The molecule has 0 radical (unpaired) electrons. The highest BCUT2D eigenvalue weighted by atomic mass is 16.5. The standard InChI is InChI=1S/C14H19NO4/c1-14(8-19-7-12(14)15)13(16)10-5-4-9(17-2)6-11(10)18-3/h4-6,12H,7-8,15H2,1-3H3. The first-order valence-electron chi connectivity index (χ1n) is 6.13. The fraction of sp³-hybridized carbons (Fsp3) is 0.500. The largest absolute Gasteiger partial charge is 0.497 e. The first-order chi connectivity index (χ1) is 9.02. The van der Waals surface area contributed by atoms with E-state index in [2.05, 4.69) is 0 Å². The number of rotatable bonds is 4. The first-order valence-corrected chi connectivity index (χ1v) is 6.13. The summed E-state index contributed by atoms with van der Waals surface area (Å²) >= 11 is 0. The molecule has 1 heterocycles. The third kappa shape index (κ3) is 2.31. The molecule has 2 unspecified atom stereocenters. The molecular formula is C14H19NO4. The number of hydrogen-bond acceptors (Lipinski definition) is 5. The van der Waals surface area contributed by atoms with E-state index >= 15 is 0 Å². The average molecular weight is 265 g/mol. The molecule has 2 atom stereocenters. The Morgan fingerprint density at radius 1 is 1.42 bits per heavy atom. The van der Waals surface area contributed by atoms with Crippen LogP contribution in [0.25, 0.3) is 0 Å². The van der Waals surface area contributed by atoms with Gasteiger partial charge < -0.3 is 19.9 Å². The maximum Gasteiger partial charge on any atom is 0.176 e. The summed E-state index contributed by atoms with van der Waals surface area (Å²) in [4.78, 5) is 12.7. The predicted octanol–water partition coefficient (Wildman–Crippen LogP) is 1.25. The van der Waals surface area contributed by atoms with Crippen molar-refractivity contribution in [3.63, 3.8) is 0 Å². The number of carbonyl (C=O) groups excluding carboxylic acids is 1. The van der Waals surface area contributed by atoms with Crippen LogP contribution in [0.2, 0.25) is 0 Å². The molecule has 5 nitrogen and oxygen atoms in total. The number of carbonyl (C=O) groups is 1. The second kappa shape index (κ2) is 5.19. The van der Waals surface area contributed by atoms with Gasteiger partial charge in [0.1, 0.15) is 11.5 Å². The second-order valence-corrected chi connectivity index (χ2v) is 4.93. The van der Waals surface area contributed by atoms with Crippen molar-refractivity contribution in [1.82, 2.24) is 0 Å². The number of benzene rings is 1. The highest BCUT2D eigenvalue weighted by Gasteiger charge is 2.45. The summed E-state index contributed by atoms with van der Waals surface area (Å²) in [6.45, 7) is 2.57. The number of ketones is 1. The molecule has 1 saturated heterocycles. The van der Waals surface area contributed by atoms with E-state index in [4.69, 9.17) is 19.9 Å². The third-order valence-electron chi connectivity index (χ3n) is 3.69. The van der Waals surface area contributed by atoms with Crippen LogP contribution < -0.4 is 15.2 Å². The van der Waals surface area contributed by atoms with Gasteiger partial charge in [0.05, 0.1) is 38.4 Å². The third-order valence-corrected chi connectivity index (χ3v) is 3.69. The summed E-state index contributed by atoms with van der Waals surface area (Å²) in [6.07, 6.45) is 0. The molecule has 0 aromatic heterocycles. The maximum atomic E-state index is 12.7. The van der Waals surface area contributed by atoms with Gasteiger partial charge >= 0.3 is 0 Å². The quantitative estimate of drug-likeness (QED) is 0.830. The van der Waals surface area contributed by atoms with Crippen molar-refractivity contribution in [2.75, 3.05) is 27.4 Å². The molecule has 1 aliphatic rings. The van der Waals surface area contributed by atoms with E-state index in [1.807, 2.05) is 6.92 Å². The minimum atomic E-state index is -0.706. The SMILES string of the molecule is COc1ccc(C(=O)C2(C)COCC2N)c(OC)c1. The van der Waals surface area contributed by atoms with Gasteiger partial charge in [-0.3, -0.25) is 4.79 Å². The van der Waals surface area contributed by atoms with Gasteiger partial charge in [-0.05, 0) is 19.1 Å². The van der Waals surface area contributed by atoms with Crippen molar-refractivity contribution in [1.29, 1.82) is 0 Å². The molecule has 1 aromatic carbocycles. The van der Waals surface area contributed by atoms with Crippen molar-refractivity contribution >= 4 is 5.78 Å². The summed E-state index contributed by atoms with van der Waals surface area (Å²) < 4.78 is 15.7. The molecular weight excluding hydrogens is 246 g/mol. The van der Waals surface area contributed by atoms with Gasteiger partial charge in [-0.2, -0.15) is 0 Å². The fourth-order valence-electron chi connectivity index (χ4n) is 2.22. The Bertz CT molecular complexity index is 488. The van der Waals surface area contributed by atoms with E-state index < -0.39 is 5.41 Å².